The molecular formula is C22H22O2. The number of hydrogen-bond acceptors (Lipinski definition) is 2. The van der Waals surface area contributed by atoms with Gasteiger partial charge in [0, 0.05) is 0 Å². The number of aliphatic hydroxyl groups is 1. The van der Waals surface area contributed by atoms with Gasteiger partial charge in [-0.1, -0.05) is 71.8 Å². The summed E-state index contributed by atoms with van der Waals surface area (Å²) in [7, 11) is 1.64. The van der Waals surface area contributed by atoms with Gasteiger partial charge in [-0.15, -0.1) is 0 Å². The van der Waals surface area contributed by atoms with Crippen LogP contribution in [0.1, 0.15) is 27.8 Å². The van der Waals surface area contributed by atoms with Gasteiger partial charge in [-0.25, -0.2) is 0 Å². The van der Waals surface area contributed by atoms with Crippen molar-refractivity contribution in [1.29, 1.82) is 0 Å². The molecule has 0 fully saturated rings. The molecule has 0 saturated carbocycles. The van der Waals surface area contributed by atoms with Crippen molar-refractivity contribution in [2.45, 2.75) is 19.4 Å². The first-order valence-corrected chi connectivity index (χ1v) is 8.05. The smallest absolute Gasteiger partial charge is 0.140 e. The second kappa shape index (κ2) is 6.50. The molecule has 0 aliphatic carbocycles. The summed E-state index contributed by atoms with van der Waals surface area (Å²) in [4.78, 5) is 0. The van der Waals surface area contributed by atoms with Gasteiger partial charge in [0.2, 0.25) is 0 Å². The summed E-state index contributed by atoms with van der Waals surface area (Å²) in [5, 5.41) is 11.7. The Morgan fingerprint density at radius 1 is 0.625 bits per heavy atom. The van der Waals surface area contributed by atoms with Gasteiger partial charge in [-0.3, -0.25) is 0 Å². The molecule has 0 spiro atoms. The van der Waals surface area contributed by atoms with Crippen molar-refractivity contribution in [1.82, 2.24) is 0 Å². The van der Waals surface area contributed by atoms with E-state index in [0.717, 1.165) is 22.4 Å². The van der Waals surface area contributed by atoms with Crippen molar-refractivity contribution in [3.05, 3.63) is 101 Å². The van der Waals surface area contributed by atoms with Crippen molar-refractivity contribution in [3.63, 3.8) is 0 Å². The van der Waals surface area contributed by atoms with Crippen LogP contribution in [0.15, 0.2) is 72.8 Å². The molecule has 0 saturated heterocycles. The molecule has 0 heterocycles. The van der Waals surface area contributed by atoms with Gasteiger partial charge in [-0.05, 0) is 42.7 Å². The maximum atomic E-state index is 11.7. The summed E-state index contributed by atoms with van der Waals surface area (Å²) in [6.07, 6.45) is 0. The lowest BCUT2D eigenvalue weighted by Crippen LogP contribution is -2.28. The molecule has 3 rings (SSSR count). The lowest BCUT2D eigenvalue weighted by atomic mass is 9.80. The normalized spacial score (nSPS) is 11.3. The van der Waals surface area contributed by atoms with Gasteiger partial charge in [-0.2, -0.15) is 0 Å². The van der Waals surface area contributed by atoms with Crippen LogP contribution < -0.4 is 4.74 Å². The van der Waals surface area contributed by atoms with Crippen LogP contribution in [0.3, 0.4) is 0 Å². The quantitative estimate of drug-likeness (QED) is 0.713. The monoisotopic (exact) mass is 318 g/mol. The first-order chi connectivity index (χ1) is 11.5. The number of hydrogen-bond donors (Lipinski definition) is 1. The second-order valence-electron chi connectivity index (χ2n) is 6.17. The summed E-state index contributed by atoms with van der Waals surface area (Å²) >= 11 is 0. The molecule has 0 radical (unpaired) electrons. The molecule has 0 bridgehead atoms. The van der Waals surface area contributed by atoms with E-state index in [1.807, 2.05) is 86.6 Å². The van der Waals surface area contributed by atoms with E-state index in [2.05, 4.69) is 0 Å². The van der Waals surface area contributed by atoms with Gasteiger partial charge in [0.1, 0.15) is 11.4 Å². The topological polar surface area (TPSA) is 29.5 Å². The SMILES string of the molecule is COc1ccc(C(O)(c2ccc(C)cc2)c2ccc(C)cc2)cc1. The third-order valence-corrected chi connectivity index (χ3v) is 4.45. The first-order valence-electron chi connectivity index (χ1n) is 8.05. The average molecular weight is 318 g/mol. The van der Waals surface area contributed by atoms with Crippen molar-refractivity contribution >= 4 is 0 Å². The van der Waals surface area contributed by atoms with Crippen LogP contribution >= 0.6 is 0 Å². The second-order valence-corrected chi connectivity index (χ2v) is 6.17. The number of aryl methyl sites for hydroxylation is 2. The van der Waals surface area contributed by atoms with E-state index in [9.17, 15) is 5.11 Å². The standard InChI is InChI=1S/C22H22O2/c1-16-4-8-18(9-5-16)22(23,19-10-6-17(2)7-11-19)20-12-14-21(24-3)15-13-20/h4-15,23H,1-3H3. The molecule has 2 heteroatoms. The molecule has 122 valence electrons. The van der Waals surface area contributed by atoms with Crippen LogP contribution in [-0.4, -0.2) is 12.2 Å². The van der Waals surface area contributed by atoms with E-state index in [0.29, 0.717) is 0 Å². The Morgan fingerprint density at radius 3 is 1.29 bits per heavy atom. The summed E-state index contributed by atoms with van der Waals surface area (Å²) < 4.78 is 5.24. The largest absolute Gasteiger partial charge is 0.497 e. The van der Waals surface area contributed by atoms with Crippen molar-refractivity contribution < 1.29 is 9.84 Å². The Balaban J connectivity index is 2.18. The summed E-state index contributed by atoms with van der Waals surface area (Å²) in [6.45, 7) is 4.09. The predicted octanol–water partition coefficient (Wildman–Crippen LogP) is 4.60. The molecule has 2 nitrogen and oxygen atoms in total. The molecule has 0 atom stereocenters. The Kier molecular flexibility index (Phi) is 4.41. The van der Waals surface area contributed by atoms with E-state index >= 15 is 0 Å². The van der Waals surface area contributed by atoms with Crippen LogP contribution in [0.4, 0.5) is 0 Å². The Hall–Kier alpha value is -2.58. The van der Waals surface area contributed by atoms with Crippen molar-refractivity contribution in [2.24, 2.45) is 0 Å². The highest BCUT2D eigenvalue weighted by Crippen LogP contribution is 2.37. The predicted molar refractivity (Wildman–Crippen MR) is 97.5 cm³/mol. The Labute approximate surface area is 143 Å². The van der Waals surface area contributed by atoms with Gasteiger partial charge in [0.15, 0.2) is 0 Å². The number of rotatable bonds is 4. The van der Waals surface area contributed by atoms with Crippen LogP contribution in [0.2, 0.25) is 0 Å². The zero-order valence-corrected chi connectivity index (χ0v) is 14.3. The zero-order chi connectivity index (χ0) is 17.2. The molecule has 1 N–H and O–H groups in total. The zero-order valence-electron chi connectivity index (χ0n) is 14.3. The van der Waals surface area contributed by atoms with E-state index in [-0.39, 0.29) is 0 Å². The van der Waals surface area contributed by atoms with Gasteiger partial charge < -0.3 is 9.84 Å². The van der Waals surface area contributed by atoms with E-state index in [1.165, 1.54) is 11.1 Å². The molecule has 0 aromatic heterocycles. The highest BCUT2D eigenvalue weighted by Gasteiger charge is 2.33. The van der Waals surface area contributed by atoms with Crippen molar-refractivity contribution in [3.8, 4) is 5.75 Å². The maximum absolute atomic E-state index is 11.7. The van der Waals surface area contributed by atoms with E-state index in [4.69, 9.17) is 4.74 Å². The Bertz CT molecular complexity index is 755. The molecule has 24 heavy (non-hydrogen) atoms. The summed E-state index contributed by atoms with van der Waals surface area (Å²) in [5.74, 6) is 0.772. The molecule has 0 aliphatic rings. The lowest BCUT2D eigenvalue weighted by molar-refractivity contribution is 0.125. The minimum Gasteiger partial charge on any atom is -0.497 e. The fourth-order valence-electron chi connectivity index (χ4n) is 2.92. The fraction of sp³-hybridized carbons (Fsp3) is 0.182. The average Bonchev–Trinajstić information content (AvgIpc) is 2.62. The van der Waals surface area contributed by atoms with Gasteiger partial charge in [0.25, 0.3) is 0 Å². The summed E-state index contributed by atoms with van der Waals surface area (Å²) in [5.41, 5.74) is 3.65. The third-order valence-electron chi connectivity index (χ3n) is 4.45. The van der Waals surface area contributed by atoms with Crippen LogP contribution in [0.5, 0.6) is 5.75 Å². The molecule has 3 aromatic carbocycles. The molecule has 3 aromatic rings. The first kappa shape index (κ1) is 16.3. The van der Waals surface area contributed by atoms with Gasteiger partial charge >= 0.3 is 0 Å². The fourth-order valence-corrected chi connectivity index (χ4v) is 2.92. The van der Waals surface area contributed by atoms with Gasteiger partial charge in [0.05, 0.1) is 7.11 Å². The van der Waals surface area contributed by atoms with E-state index < -0.39 is 5.60 Å². The number of methoxy groups -OCH3 is 1. The highest BCUT2D eigenvalue weighted by molar-refractivity contribution is 5.48. The summed E-state index contributed by atoms with van der Waals surface area (Å²) in [6, 6.07) is 23.6. The Morgan fingerprint density at radius 2 is 0.958 bits per heavy atom. The maximum Gasteiger partial charge on any atom is 0.140 e. The van der Waals surface area contributed by atoms with E-state index in [1.54, 1.807) is 7.11 Å². The van der Waals surface area contributed by atoms with Crippen LogP contribution in [0.25, 0.3) is 0 Å². The molecule has 0 amide bonds. The molecular weight excluding hydrogens is 296 g/mol. The van der Waals surface area contributed by atoms with Crippen LogP contribution in [0, 0.1) is 13.8 Å². The minimum absolute atomic E-state index is 0.772. The highest BCUT2D eigenvalue weighted by atomic mass is 16.5. The minimum atomic E-state index is -1.20. The third kappa shape index (κ3) is 2.93. The lowest BCUT2D eigenvalue weighted by Gasteiger charge is -2.30. The van der Waals surface area contributed by atoms with Crippen LogP contribution in [-0.2, 0) is 5.60 Å². The molecule has 0 aliphatic heterocycles. The van der Waals surface area contributed by atoms with Crippen molar-refractivity contribution in [2.75, 3.05) is 7.11 Å². The molecule has 0 unspecified atom stereocenters. The number of ether oxygens (including phenoxy) is 1. The number of benzene rings is 3.